The Hall–Kier alpha value is -3.28. The predicted octanol–water partition coefficient (Wildman–Crippen LogP) is 8.28. The largest absolute Gasteiger partial charge is 0.380 e. The van der Waals surface area contributed by atoms with Crippen LogP contribution in [-0.4, -0.2) is 61.3 Å². The second kappa shape index (κ2) is 17.4. The summed E-state index contributed by atoms with van der Waals surface area (Å²) < 4.78 is 6.47. The van der Waals surface area contributed by atoms with Gasteiger partial charge in [-0.2, -0.15) is 0 Å². The topological polar surface area (TPSA) is 35.9 Å². The standard InChI is InChI=1S/C41H54N2O2/c1-5-42(6-2)31-19-30-41(45-4,38-25-15-10-16-26-38)39-27-17-20-35(34-39)28-33-43(7-3)32-18-29-40(44,36-21-11-8-12-22-36)37-23-13-9-14-24-37/h8-17,20-27,34,44H,5-7,18-19,28-33H2,1-4H3. The molecule has 0 saturated heterocycles. The molecular formula is C41H54N2O2. The molecule has 1 unspecified atom stereocenters. The Morgan fingerprint density at radius 3 is 1.58 bits per heavy atom. The maximum atomic E-state index is 12.0. The summed E-state index contributed by atoms with van der Waals surface area (Å²) in [6.07, 6.45) is 4.55. The van der Waals surface area contributed by atoms with Gasteiger partial charge in [0.1, 0.15) is 11.2 Å². The van der Waals surface area contributed by atoms with Crippen LogP contribution < -0.4 is 0 Å². The summed E-state index contributed by atoms with van der Waals surface area (Å²) >= 11 is 0. The Bertz CT molecular complexity index is 1340. The summed E-state index contributed by atoms with van der Waals surface area (Å²) in [5.41, 5.74) is 4.20. The number of benzene rings is 4. The number of rotatable bonds is 19. The highest BCUT2D eigenvalue weighted by Crippen LogP contribution is 2.38. The van der Waals surface area contributed by atoms with Gasteiger partial charge in [0.15, 0.2) is 0 Å². The molecule has 0 aliphatic carbocycles. The molecule has 0 saturated carbocycles. The number of hydrogen-bond acceptors (Lipinski definition) is 4. The Balaban J connectivity index is 1.45. The average molecular weight is 607 g/mol. The van der Waals surface area contributed by atoms with Crippen LogP contribution in [0.1, 0.15) is 74.3 Å². The fourth-order valence-electron chi connectivity index (χ4n) is 6.73. The van der Waals surface area contributed by atoms with Crippen LogP contribution in [0.25, 0.3) is 0 Å². The van der Waals surface area contributed by atoms with Crippen molar-refractivity contribution in [3.8, 4) is 0 Å². The Labute approximate surface area is 272 Å². The molecule has 0 aliphatic heterocycles. The third-order valence-electron chi connectivity index (χ3n) is 9.56. The molecule has 1 atom stereocenters. The van der Waals surface area contributed by atoms with Gasteiger partial charge in [0.2, 0.25) is 0 Å². The molecule has 1 N–H and O–H groups in total. The second-order valence-electron chi connectivity index (χ2n) is 12.1. The molecule has 0 aromatic heterocycles. The molecule has 4 aromatic carbocycles. The zero-order chi connectivity index (χ0) is 32.0. The van der Waals surface area contributed by atoms with Crippen molar-refractivity contribution in [2.45, 2.75) is 64.1 Å². The van der Waals surface area contributed by atoms with E-state index in [0.717, 1.165) is 76.1 Å². The lowest BCUT2D eigenvalue weighted by molar-refractivity contribution is 0.0107. The summed E-state index contributed by atoms with van der Waals surface area (Å²) in [6, 6.07) is 40.0. The third kappa shape index (κ3) is 8.92. The minimum Gasteiger partial charge on any atom is -0.380 e. The molecule has 4 rings (SSSR count). The summed E-state index contributed by atoms with van der Waals surface area (Å²) in [7, 11) is 1.86. The van der Waals surface area contributed by atoms with Crippen molar-refractivity contribution in [3.05, 3.63) is 143 Å². The number of nitrogens with zero attached hydrogens (tertiary/aromatic N) is 2. The predicted molar refractivity (Wildman–Crippen MR) is 189 cm³/mol. The van der Waals surface area contributed by atoms with E-state index in [0.29, 0.717) is 6.42 Å². The molecule has 0 aliphatic rings. The molecule has 45 heavy (non-hydrogen) atoms. The minimum absolute atomic E-state index is 0.478. The zero-order valence-electron chi connectivity index (χ0n) is 28.0. The number of methoxy groups -OCH3 is 1. The molecular weight excluding hydrogens is 552 g/mol. The Kier molecular flexibility index (Phi) is 13.4. The van der Waals surface area contributed by atoms with Gasteiger partial charge in [-0.25, -0.2) is 0 Å². The molecule has 0 fully saturated rings. The minimum atomic E-state index is -0.998. The van der Waals surface area contributed by atoms with Gasteiger partial charge in [0.05, 0.1) is 0 Å². The molecule has 4 nitrogen and oxygen atoms in total. The SMILES string of the molecule is CCN(CC)CCCC(OC)(c1ccccc1)c1cccc(CCN(CC)CCCC(O)(c2ccccc2)c2ccccc2)c1. The summed E-state index contributed by atoms with van der Waals surface area (Å²) in [6.45, 7) is 12.8. The maximum absolute atomic E-state index is 12.0. The van der Waals surface area contributed by atoms with Crippen LogP contribution in [0.4, 0.5) is 0 Å². The lowest BCUT2D eigenvalue weighted by Gasteiger charge is -2.35. The first-order chi connectivity index (χ1) is 22.0. The van der Waals surface area contributed by atoms with Crippen LogP contribution in [0.2, 0.25) is 0 Å². The number of likely N-dealkylation sites (N-methyl/N-ethyl adjacent to an activating group) is 1. The van der Waals surface area contributed by atoms with Crippen molar-refractivity contribution >= 4 is 0 Å². The van der Waals surface area contributed by atoms with E-state index < -0.39 is 11.2 Å². The number of ether oxygens (including phenoxy) is 1. The van der Waals surface area contributed by atoms with Crippen molar-refractivity contribution < 1.29 is 9.84 Å². The Morgan fingerprint density at radius 2 is 1.04 bits per heavy atom. The monoisotopic (exact) mass is 606 g/mol. The number of hydrogen-bond donors (Lipinski definition) is 1. The third-order valence-corrected chi connectivity index (χ3v) is 9.56. The first-order valence-corrected chi connectivity index (χ1v) is 17.0. The fraction of sp³-hybridized carbons (Fsp3) is 0.415. The van der Waals surface area contributed by atoms with Crippen LogP contribution >= 0.6 is 0 Å². The summed E-state index contributed by atoms with van der Waals surface area (Å²) in [5.74, 6) is 0. The molecule has 0 bridgehead atoms. The lowest BCUT2D eigenvalue weighted by atomic mass is 9.81. The van der Waals surface area contributed by atoms with Gasteiger partial charge in [-0.05, 0) is 92.6 Å². The van der Waals surface area contributed by atoms with Crippen LogP contribution in [0, 0.1) is 0 Å². The lowest BCUT2D eigenvalue weighted by Crippen LogP contribution is -2.33. The van der Waals surface area contributed by atoms with Crippen LogP contribution in [-0.2, 0) is 22.4 Å². The van der Waals surface area contributed by atoms with Crippen molar-refractivity contribution in [2.24, 2.45) is 0 Å². The first-order valence-electron chi connectivity index (χ1n) is 17.0. The van der Waals surface area contributed by atoms with E-state index in [9.17, 15) is 5.11 Å². The quantitative estimate of drug-likeness (QED) is 0.117. The molecule has 4 heteroatoms. The van der Waals surface area contributed by atoms with Crippen molar-refractivity contribution in [3.63, 3.8) is 0 Å². The van der Waals surface area contributed by atoms with Gasteiger partial charge in [0.25, 0.3) is 0 Å². The molecule has 0 spiro atoms. The van der Waals surface area contributed by atoms with E-state index in [4.69, 9.17) is 4.74 Å². The summed E-state index contributed by atoms with van der Waals surface area (Å²) in [4.78, 5) is 5.00. The molecule has 240 valence electrons. The van der Waals surface area contributed by atoms with Gasteiger partial charge in [-0.15, -0.1) is 0 Å². The highest BCUT2D eigenvalue weighted by molar-refractivity contribution is 5.39. The highest BCUT2D eigenvalue weighted by atomic mass is 16.5. The smallest absolute Gasteiger partial charge is 0.118 e. The van der Waals surface area contributed by atoms with E-state index in [-0.39, 0.29) is 0 Å². The zero-order valence-corrected chi connectivity index (χ0v) is 28.0. The molecule has 0 amide bonds. The van der Waals surface area contributed by atoms with Gasteiger partial charge in [0, 0.05) is 13.7 Å². The van der Waals surface area contributed by atoms with Gasteiger partial charge < -0.3 is 19.6 Å². The van der Waals surface area contributed by atoms with Crippen LogP contribution in [0.15, 0.2) is 115 Å². The Morgan fingerprint density at radius 1 is 0.556 bits per heavy atom. The average Bonchev–Trinajstić information content (AvgIpc) is 3.11. The summed E-state index contributed by atoms with van der Waals surface area (Å²) in [5, 5.41) is 12.0. The van der Waals surface area contributed by atoms with E-state index in [2.05, 4.69) is 85.2 Å². The molecule has 4 aromatic rings. The maximum Gasteiger partial charge on any atom is 0.118 e. The number of aliphatic hydroxyl groups is 1. The van der Waals surface area contributed by atoms with Crippen molar-refractivity contribution in [1.29, 1.82) is 0 Å². The van der Waals surface area contributed by atoms with Gasteiger partial charge >= 0.3 is 0 Å². The second-order valence-corrected chi connectivity index (χ2v) is 12.1. The van der Waals surface area contributed by atoms with Crippen molar-refractivity contribution in [1.82, 2.24) is 9.80 Å². The van der Waals surface area contributed by atoms with E-state index in [1.807, 2.05) is 67.8 Å². The first kappa shape index (κ1) is 34.6. The van der Waals surface area contributed by atoms with E-state index in [1.165, 1.54) is 16.7 Å². The van der Waals surface area contributed by atoms with E-state index in [1.54, 1.807) is 0 Å². The molecule has 0 radical (unpaired) electrons. The van der Waals surface area contributed by atoms with Gasteiger partial charge in [-0.1, -0.05) is 136 Å². The molecule has 0 heterocycles. The van der Waals surface area contributed by atoms with Crippen LogP contribution in [0.3, 0.4) is 0 Å². The van der Waals surface area contributed by atoms with Gasteiger partial charge in [-0.3, -0.25) is 0 Å². The van der Waals surface area contributed by atoms with Crippen LogP contribution in [0.5, 0.6) is 0 Å². The highest BCUT2D eigenvalue weighted by Gasteiger charge is 2.34. The normalized spacial score (nSPS) is 13.3. The fourth-order valence-corrected chi connectivity index (χ4v) is 6.73. The van der Waals surface area contributed by atoms with Crippen molar-refractivity contribution in [2.75, 3.05) is 46.4 Å². The van der Waals surface area contributed by atoms with E-state index >= 15 is 0 Å².